The van der Waals surface area contributed by atoms with Crippen molar-refractivity contribution in [2.75, 3.05) is 34.0 Å². The maximum absolute atomic E-state index is 14.1. The first-order chi connectivity index (χ1) is 70.2. The standard InChI is InChI=1S/C58H77N5O11.C32H40N2O7.C26H31N3O3/c1-32(2)26-50(71-8)53(67)34(4)27-35(5)55(73-57(59)70)49-11-9-10-33(3)56(69)63(74-49)47-29-48(65)42(36(6)54(47)68)20-15-39-31-62(61-60-39)24-25-72-41-17-12-37(13-18-41)45-30-58(7)46(22-23-51(58)66)44-19-14-38-28-40(64)16-21-43(38)52(44)45;1-8-9-12-23-24-14-18(2)15-28(39-7)22(6)20(4)16-21(5)30(40-32(33)38)27-13-10-11-19(3)31(37)34(41-27)25(29(24)36)17-26(23)35;1-26-15-22(16-2-6-19(7-3-16)32-13-12-28-29-27)25-20-9-5-18(30)14-17(20)4-8-21(25)23(26)10-11-24(26)31/h9-13,16-18,21,28-29,31-32,34-35,44-46,49-53,55,57,64,66-67,70H,14-15,19-20,22-27,30,59H2,1-8H3;1,10-11,13,16-18,20,22,27-28,30H,9,12,14-15H2,2-7H3,(H2,33,38);2-3,5-7,9,14,21-25,30-31H,4,8,10-13,15H2,1H3/b11-9-,33-10+;13-10-,19-11+,21-16+;/t34-,35?,44?,45-,46?,49?,50-,51+,52?,53+,55-,57?,58+;18-,20+,22-,27?,28+,30+;21?,22-,23?,24+,25?,26+/m111/s1. The zero-order chi connectivity index (χ0) is 106. The highest BCUT2D eigenvalue weighted by Crippen LogP contribution is 2.67. The van der Waals surface area contributed by atoms with Crippen LogP contribution in [0.5, 0.6) is 23.0 Å². The van der Waals surface area contributed by atoms with E-state index >= 15 is 0 Å². The van der Waals surface area contributed by atoms with Gasteiger partial charge in [-0.05, 0) is 330 Å². The van der Waals surface area contributed by atoms with Crippen LogP contribution in [0.15, 0.2) is 201 Å². The minimum atomic E-state index is -1.71. The van der Waals surface area contributed by atoms with Crippen molar-refractivity contribution < 1.29 is 102 Å². The summed E-state index contributed by atoms with van der Waals surface area (Å²) in [5.41, 5.74) is 29.6. The number of rotatable bonds is 29. The summed E-state index contributed by atoms with van der Waals surface area (Å²) in [5.74, 6) is 4.41. The molecule has 4 heterocycles. The Morgan fingerprint density at radius 3 is 1.78 bits per heavy atom. The Hall–Kier alpha value is -11.8. The molecule has 11 aliphatic rings. The number of nitrogens with two attached hydrogens (primary N) is 2. The Morgan fingerprint density at radius 2 is 1.24 bits per heavy atom. The van der Waals surface area contributed by atoms with E-state index in [2.05, 4.69) is 97.3 Å². The van der Waals surface area contributed by atoms with Crippen LogP contribution in [0.1, 0.15) is 249 Å². The van der Waals surface area contributed by atoms with Crippen LogP contribution in [0.3, 0.4) is 0 Å². The van der Waals surface area contributed by atoms with Crippen LogP contribution < -0.4 is 20.9 Å². The molecular formula is C116H148N10O21. The lowest BCUT2D eigenvalue weighted by molar-refractivity contribution is -0.231. The van der Waals surface area contributed by atoms with Crippen molar-refractivity contribution in [1.29, 1.82) is 0 Å². The van der Waals surface area contributed by atoms with E-state index in [1.165, 1.54) is 33.4 Å². The third kappa shape index (κ3) is 25.0. The fourth-order valence-electron chi connectivity index (χ4n) is 25.5. The molecule has 10 unspecified atom stereocenters. The summed E-state index contributed by atoms with van der Waals surface area (Å²) in [7, 11) is 3.23. The van der Waals surface area contributed by atoms with Gasteiger partial charge >= 0.3 is 6.09 Å². The maximum Gasteiger partial charge on any atom is 0.405 e. The second-order valence-corrected chi connectivity index (χ2v) is 43.4. The van der Waals surface area contributed by atoms with E-state index < -0.39 is 90.0 Å². The summed E-state index contributed by atoms with van der Waals surface area (Å²) in [4.78, 5) is 110. The molecule has 0 radical (unpaired) electrons. The van der Waals surface area contributed by atoms with Crippen molar-refractivity contribution in [3.63, 3.8) is 0 Å². The number of aliphatic hydroxyl groups excluding tert-OH is 4. The average molecular weight is 2020 g/mol. The van der Waals surface area contributed by atoms with E-state index in [1.807, 2.05) is 82.3 Å². The number of aromatic hydroxyl groups is 2. The predicted octanol–water partition coefficient (Wildman–Crippen LogP) is 17.5. The van der Waals surface area contributed by atoms with Crippen LogP contribution in [-0.2, 0) is 83.2 Å². The van der Waals surface area contributed by atoms with Gasteiger partial charge in [0.25, 0.3) is 11.8 Å². The summed E-state index contributed by atoms with van der Waals surface area (Å²) >= 11 is 0. The number of carbonyl (C=O) groups is 7. The van der Waals surface area contributed by atoms with Gasteiger partial charge in [0.15, 0.2) is 17.7 Å². The number of terminal acetylenes is 1. The SMILES string of the molecule is C#CCCC1=C2C[C@@H](C)C[C@H](OC)[C@H](C)[C@@H](C)/C=C(\C)[C@H](OC(N)=O)C3/C=C\C=C(/C)C(=O)N(O3)C(=CC1=O)C2=O.CO[C@H](CC(C)C)[C@@H](O)[C@H](C)CC(C)[C@@H](OC(N)O)C1/C=C\C=C(/C)C(=O)N(C2=CC(=O)C(CCc3cn(CCOc4ccc([C@H]5C[C@@]6(C)C(CC[C@@H]6O)C6CCc7cc(O)ccc7C65)cc4)nn3)=C(C)C2=O)O1.C[C@]12C[C@H](c3ccc(OCCN=[N+]=[N-])cc3)C3c4ccc(O)cc4CCC3C1CC[C@@H]2O. The number of azide groups is 1. The number of aryl methyl sites for hydroxylation is 3. The van der Waals surface area contributed by atoms with Gasteiger partial charge in [-0.2, -0.15) is 10.1 Å². The van der Waals surface area contributed by atoms with Crippen molar-refractivity contribution in [3.8, 4) is 35.3 Å². The van der Waals surface area contributed by atoms with E-state index in [1.54, 1.807) is 89.2 Å². The number of nitrogens with zero attached hydrogens (tertiary/aromatic N) is 8. The number of phenols is 2. The Kier molecular flexibility index (Phi) is 36.7. The van der Waals surface area contributed by atoms with Crippen LogP contribution in [0.4, 0.5) is 4.79 Å². The lowest BCUT2D eigenvalue weighted by Gasteiger charge is -2.54. The van der Waals surface area contributed by atoms with Crippen LogP contribution in [-0.4, -0.2) is 192 Å². The Morgan fingerprint density at radius 1 is 0.694 bits per heavy atom. The number of hydrogen-bond donors (Lipinski definition) is 8. The van der Waals surface area contributed by atoms with Crippen LogP contribution in [0, 0.1) is 82.4 Å². The number of Topliss-reactive ketones (excluding diaryl/α,β-unsaturated/α-hetero) is 2. The number of fused-ring (bicyclic) bond motifs is 15. The number of carbonyl (C=O) groups excluding carboxylic acids is 7. The highest BCUT2D eigenvalue weighted by Gasteiger charge is 2.60. The van der Waals surface area contributed by atoms with Crippen molar-refractivity contribution in [1.82, 2.24) is 25.1 Å². The van der Waals surface area contributed by atoms with Crippen LogP contribution in [0.25, 0.3) is 10.4 Å². The van der Waals surface area contributed by atoms with E-state index in [-0.39, 0.29) is 112 Å². The van der Waals surface area contributed by atoms with Crippen molar-refractivity contribution in [3.05, 3.63) is 246 Å². The van der Waals surface area contributed by atoms with Crippen LogP contribution >= 0.6 is 0 Å². The minimum absolute atomic E-state index is 0.00998. The third-order valence-corrected chi connectivity index (χ3v) is 33.4. The number of benzene rings is 4. The molecule has 5 aromatic rings. The smallest absolute Gasteiger partial charge is 0.405 e. The zero-order valence-electron chi connectivity index (χ0n) is 87.4. The van der Waals surface area contributed by atoms with Crippen molar-refractivity contribution >= 4 is 41.0 Å². The molecule has 0 saturated heterocycles. The molecule has 31 heteroatoms. The molecule has 788 valence electrons. The first-order valence-corrected chi connectivity index (χ1v) is 52.2. The van der Waals surface area contributed by atoms with Gasteiger partial charge in [0.1, 0.15) is 53.2 Å². The van der Waals surface area contributed by atoms with Gasteiger partial charge in [-0.1, -0.05) is 145 Å². The minimum Gasteiger partial charge on any atom is -0.508 e. The zero-order valence-corrected chi connectivity index (χ0v) is 87.4. The first kappa shape index (κ1) is 111. The fraction of sp³-hybridized carbons (Fsp3) is 0.543. The Bertz CT molecular complexity index is 6030. The van der Waals surface area contributed by atoms with Crippen molar-refractivity contribution in [2.45, 2.75) is 297 Å². The van der Waals surface area contributed by atoms with Gasteiger partial charge in [0.2, 0.25) is 18.0 Å². The molecule has 25 atom stereocenters. The van der Waals surface area contributed by atoms with Gasteiger partial charge in [-0.15, -0.1) is 17.4 Å². The number of ether oxygens (including phenoxy) is 6. The molecule has 31 nitrogen and oxygen atoms in total. The van der Waals surface area contributed by atoms with Gasteiger partial charge in [0.05, 0.1) is 62.0 Å². The quantitative estimate of drug-likeness (QED) is 0.00322. The molecule has 4 fully saturated rings. The summed E-state index contributed by atoms with van der Waals surface area (Å²) in [6, 6.07) is 28.4. The Labute approximate surface area is 862 Å². The monoisotopic (exact) mass is 2020 g/mol. The number of hydroxylamine groups is 4. The van der Waals surface area contributed by atoms with E-state index in [0.717, 1.165) is 98.0 Å². The van der Waals surface area contributed by atoms with Crippen LogP contribution in [0.2, 0.25) is 0 Å². The number of allylic oxidation sites excluding steroid dienone is 11. The van der Waals surface area contributed by atoms with Gasteiger partial charge in [-0.25, -0.2) is 9.48 Å². The number of primary amides is 1. The number of amides is 3. The van der Waals surface area contributed by atoms with Gasteiger partial charge in [0, 0.05) is 77.3 Å². The predicted molar refractivity (Wildman–Crippen MR) is 553 cm³/mol. The second-order valence-electron chi connectivity index (χ2n) is 43.4. The summed E-state index contributed by atoms with van der Waals surface area (Å²) in [5, 5.41) is 77.9. The molecule has 4 saturated carbocycles. The third-order valence-electron chi connectivity index (χ3n) is 33.4. The first-order valence-electron chi connectivity index (χ1n) is 52.2. The molecule has 4 aromatic carbocycles. The number of phenolic OH excluding ortho intramolecular Hbond substituents is 2. The molecule has 8 aliphatic carbocycles. The maximum atomic E-state index is 14.1. The lowest BCUT2D eigenvalue weighted by atomic mass is 9.51. The Balaban J connectivity index is 0.000000195. The molecule has 0 spiro atoms. The molecule has 10 N–H and O–H groups in total. The normalized spacial score (nSPS) is 30.8. The second kappa shape index (κ2) is 48.7. The molecule has 3 aliphatic heterocycles. The van der Waals surface area contributed by atoms with Crippen molar-refractivity contribution in [2.24, 2.45) is 86.6 Å². The summed E-state index contributed by atoms with van der Waals surface area (Å²) in [6.07, 6.45) is 25.3. The van der Waals surface area contributed by atoms with Gasteiger partial charge in [-0.3, -0.25) is 44.2 Å². The topological polar surface area (TPSA) is 453 Å². The molecule has 4 bridgehead atoms. The number of aromatic nitrogens is 3. The summed E-state index contributed by atoms with van der Waals surface area (Å²) < 4.78 is 36.4. The van der Waals surface area contributed by atoms with E-state index in [0.29, 0.717) is 140 Å². The van der Waals surface area contributed by atoms with E-state index in [4.69, 9.17) is 61.5 Å². The number of methoxy groups -OCH3 is 2. The highest BCUT2D eigenvalue weighted by molar-refractivity contribution is 6.24. The summed E-state index contributed by atoms with van der Waals surface area (Å²) in [6.45, 7) is 26.5. The number of aliphatic hydroxyl groups is 4. The molecule has 147 heavy (non-hydrogen) atoms. The molecular weight excluding hydrogens is 1870 g/mol. The molecule has 3 amide bonds. The largest absolute Gasteiger partial charge is 0.508 e. The lowest BCUT2D eigenvalue weighted by Crippen LogP contribution is -2.48. The number of hydrogen-bond acceptors (Lipinski definition) is 25. The fourth-order valence-corrected chi connectivity index (χ4v) is 25.5. The number of ketones is 4. The highest BCUT2D eigenvalue weighted by atomic mass is 16.7. The van der Waals surface area contributed by atoms with E-state index in [9.17, 15) is 64.2 Å². The van der Waals surface area contributed by atoms with Gasteiger partial charge < -0.3 is 64.8 Å². The average Bonchev–Trinajstić information content (AvgIpc) is 1.61. The molecule has 1 aromatic heterocycles. The molecule has 16 rings (SSSR count).